The van der Waals surface area contributed by atoms with Gasteiger partial charge in [-0.3, -0.25) is 4.79 Å². The van der Waals surface area contributed by atoms with E-state index in [1.807, 2.05) is 0 Å². The van der Waals surface area contributed by atoms with Crippen molar-refractivity contribution in [3.63, 3.8) is 0 Å². The molecule has 1 aromatic rings. The van der Waals surface area contributed by atoms with Crippen molar-refractivity contribution in [2.75, 3.05) is 18.6 Å². The summed E-state index contributed by atoms with van der Waals surface area (Å²) in [6, 6.07) is 1.74. The summed E-state index contributed by atoms with van der Waals surface area (Å²) in [5.74, 6) is 5.46. The van der Waals surface area contributed by atoms with Crippen molar-refractivity contribution in [3.05, 3.63) is 22.3 Å². The Morgan fingerprint density at radius 3 is 3.12 bits per heavy atom. The summed E-state index contributed by atoms with van der Waals surface area (Å²) in [7, 11) is 0. The van der Waals surface area contributed by atoms with E-state index in [4.69, 9.17) is 10.6 Å². The molecule has 0 aromatic carbocycles. The fraction of sp³-hybridized carbons (Fsp3) is 0.400. The van der Waals surface area contributed by atoms with Crippen LogP contribution in [0.5, 0.6) is 0 Å². The number of carbonyl (C=O) groups excluding carboxylic acids is 1. The topological polar surface area (TPSA) is 89.3 Å². The molecule has 0 spiro atoms. The maximum Gasteiger partial charge on any atom is 0.255 e. The summed E-state index contributed by atoms with van der Waals surface area (Å²) in [5, 5.41) is 2.88. The van der Waals surface area contributed by atoms with E-state index in [2.05, 4.69) is 31.7 Å². The molecular weight excluding hydrogens is 288 g/mol. The minimum Gasteiger partial charge on any atom is -0.379 e. The lowest BCUT2D eigenvalue weighted by Gasteiger charge is -2.12. The zero-order valence-electron chi connectivity index (χ0n) is 9.07. The summed E-state index contributed by atoms with van der Waals surface area (Å²) in [5.41, 5.74) is 2.82. The SMILES string of the molecule is NNc1ncc(Br)cc1C(=O)NC1CCOC1. The van der Waals surface area contributed by atoms with Gasteiger partial charge in [0.2, 0.25) is 0 Å². The van der Waals surface area contributed by atoms with E-state index in [-0.39, 0.29) is 11.9 Å². The van der Waals surface area contributed by atoms with Crippen LogP contribution in [0.2, 0.25) is 0 Å². The minimum absolute atomic E-state index is 0.0621. The van der Waals surface area contributed by atoms with Gasteiger partial charge in [-0.15, -0.1) is 0 Å². The standard InChI is InChI=1S/C10H13BrN4O2/c11-6-3-8(9(15-12)13-4-6)10(16)14-7-1-2-17-5-7/h3-4,7H,1-2,5,12H2,(H,13,15)(H,14,16). The van der Waals surface area contributed by atoms with Crippen LogP contribution in [-0.4, -0.2) is 30.1 Å². The molecule has 1 amide bonds. The van der Waals surface area contributed by atoms with E-state index < -0.39 is 0 Å². The minimum atomic E-state index is -0.206. The van der Waals surface area contributed by atoms with Crippen molar-refractivity contribution in [3.8, 4) is 0 Å². The molecule has 1 aliphatic rings. The molecule has 0 aliphatic carbocycles. The highest BCUT2D eigenvalue weighted by Crippen LogP contribution is 2.17. The number of nitrogens with zero attached hydrogens (tertiary/aromatic N) is 1. The summed E-state index contributed by atoms with van der Waals surface area (Å²) >= 11 is 3.27. The first-order chi connectivity index (χ1) is 8.20. The predicted molar refractivity (Wildman–Crippen MR) is 66.4 cm³/mol. The second-order valence-electron chi connectivity index (χ2n) is 3.73. The zero-order chi connectivity index (χ0) is 12.3. The summed E-state index contributed by atoms with van der Waals surface area (Å²) in [4.78, 5) is 16.0. The number of hydrogen-bond donors (Lipinski definition) is 3. The van der Waals surface area contributed by atoms with Gasteiger partial charge in [-0.25, -0.2) is 10.8 Å². The van der Waals surface area contributed by atoms with Crippen molar-refractivity contribution in [1.29, 1.82) is 0 Å². The molecule has 2 heterocycles. The number of nitrogen functional groups attached to an aromatic ring is 1. The number of amides is 1. The van der Waals surface area contributed by atoms with E-state index in [0.717, 1.165) is 10.9 Å². The van der Waals surface area contributed by atoms with Gasteiger partial charge in [-0.2, -0.15) is 0 Å². The lowest BCUT2D eigenvalue weighted by molar-refractivity contribution is 0.0930. The molecule has 2 rings (SSSR count). The van der Waals surface area contributed by atoms with E-state index in [1.165, 1.54) is 0 Å². The molecule has 6 nitrogen and oxygen atoms in total. The van der Waals surface area contributed by atoms with Crippen molar-refractivity contribution < 1.29 is 9.53 Å². The fourth-order valence-corrected chi connectivity index (χ4v) is 1.97. The summed E-state index contributed by atoms with van der Waals surface area (Å²) in [6.45, 7) is 1.24. The monoisotopic (exact) mass is 300 g/mol. The lowest BCUT2D eigenvalue weighted by Crippen LogP contribution is -2.35. The number of hydrogen-bond acceptors (Lipinski definition) is 5. The Hall–Kier alpha value is -1.18. The fourth-order valence-electron chi connectivity index (χ4n) is 1.64. The quantitative estimate of drug-likeness (QED) is 0.563. The molecular formula is C10H13BrN4O2. The number of nitrogens with one attached hydrogen (secondary N) is 2. The maximum atomic E-state index is 12.0. The van der Waals surface area contributed by atoms with Crippen LogP contribution in [0.15, 0.2) is 16.7 Å². The number of ether oxygens (including phenoxy) is 1. The molecule has 1 atom stereocenters. The largest absolute Gasteiger partial charge is 0.379 e. The molecule has 92 valence electrons. The van der Waals surface area contributed by atoms with Crippen molar-refractivity contribution in [2.45, 2.75) is 12.5 Å². The number of nitrogens with two attached hydrogens (primary N) is 1. The lowest BCUT2D eigenvalue weighted by atomic mass is 10.2. The van der Waals surface area contributed by atoms with Crippen molar-refractivity contribution in [2.24, 2.45) is 5.84 Å². The van der Waals surface area contributed by atoms with Crippen LogP contribution in [0, 0.1) is 0 Å². The number of pyridine rings is 1. The zero-order valence-corrected chi connectivity index (χ0v) is 10.7. The number of anilines is 1. The van der Waals surface area contributed by atoms with Crippen LogP contribution < -0.4 is 16.6 Å². The first-order valence-electron chi connectivity index (χ1n) is 5.21. The molecule has 1 saturated heterocycles. The van der Waals surface area contributed by atoms with Gasteiger partial charge in [-0.1, -0.05) is 0 Å². The molecule has 1 aromatic heterocycles. The van der Waals surface area contributed by atoms with E-state index in [0.29, 0.717) is 24.6 Å². The molecule has 1 unspecified atom stereocenters. The molecule has 0 saturated carbocycles. The van der Waals surface area contributed by atoms with Gasteiger partial charge in [0, 0.05) is 17.3 Å². The first-order valence-corrected chi connectivity index (χ1v) is 6.01. The molecule has 4 N–H and O–H groups in total. The van der Waals surface area contributed by atoms with Gasteiger partial charge < -0.3 is 15.5 Å². The Kier molecular flexibility index (Phi) is 3.93. The van der Waals surface area contributed by atoms with Crippen LogP contribution in [0.3, 0.4) is 0 Å². The molecule has 1 fully saturated rings. The van der Waals surface area contributed by atoms with Crippen LogP contribution in [0.1, 0.15) is 16.8 Å². The highest BCUT2D eigenvalue weighted by atomic mass is 79.9. The Balaban J connectivity index is 2.14. The third kappa shape index (κ3) is 2.93. The third-order valence-corrected chi connectivity index (χ3v) is 2.93. The molecule has 0 bridgehead atoms. The van der Waals surface area contributed by atoms with Crippen LogP contribution in [0.25, 0.3) is 0 Å². The van der Waals surface area contributed by atoms with Gasteiger partial charge in [-0.05, 0) is 28.4 Å². The summed E-state index contributed by atoms with van der Waals surface area (Å²) < 4.78 is 5.92. The van der Waals surface area contributed by atoms with Crippen LogP contribution in [-0.2, 0) is 4.74 Å². The van der Waals surface area contributed by atoms with Gasteiger partial charge in [0.05, 0.1) is 18.2 Å². The average Bonchev–Trinajstić information content (AvgIpc) is 2.81. The van der Waals surface area contributed by atoms with Crippen molar-refractivity contribution >= 4 is 27.7 Å². The molecule has 0 radical (unpaired) electrons. The Bertz CT molecular complexity index is 421. The Morgan fingerprint density at radius 1 is 1.65 bits per heavy atom. The van der Waals surface area contributed by atoms with Crippen LogP contribution in [0.4, 0.5) is 5.82 Å². The van der Waals surface area contributed by atoms with Crippen molar-refractivity contribution in [1.82, 2.24) is 10.3 Å². The van der Waals surface area contributed by atoms with Gasteiger partial charge in [0.15, 0.2) is 5.82 Å². The highest BCUT2D eigenvalue weighted by Gasteiger charge is 2.20. The number of rotatable bonds is 3. The first kappa shape index (κ1) is 12.3. The van der Waals surface area contributed by atoms with E-state index in [9.17, 15) is 4.79 Å². The molecule has 17 heavy (non-hydrogen) atoms. The Morgan fingerprint density at radius 2 is 2.47 bits per heavy atom. The number of halogens is 1. The molecule has 7 heteroatoms. The average molecular weight is 301 g/mol. The smallest absolute Gasteiger partial charge is 0.255 e. The normalized spacial score (nSPS) is 19.1. The number of aromatic nitrogens is 1. The van der Waals surface area contributed by atoms with Gasteiger partial charge >= 0.3 is 0 Å². The van der Waals surface area contributed by atoms with Gasteiger partial charge in [0.25, 0.3) is 5.91 Å². The van der Waals surface area contributed by atoms with E-state index >= 15 is 0 Å². The second-order valence-corrected chi connectivity index (χ2v) is 4.64. The highest BCUT2D eigenvalue weighted by molar-refractivity contribution is 9.10. The van der Waals surface area contributed by atoms with Gasteiger partial charge in [0.1, 0.15) is 0 Å². The van der Waals surface area contributed by atoms with E-state index in [1.54, 1.807) is 12.3 Å². The summed E-state index contributed by atoms with van der Waals surface area (Å²) in [6.07, 6.45) is 2.41. The Labute approximate surface area is 107 Å². The number of hydrazine groups is 1. The number of carbonyl (C=O) groups is 1. The molecule has 1 aliphatic heterocycles. The van der Waals surface area contributed by atoms with Crippen LogP contribution >= 0.6 is 15.9 Å². The third-order valence-electron chi connectivity index (χ3n) is 2.50. The second kappa shape index (κ2) is 5.44. The maximum absolute atomic E-state index is 12.0. The predicted octanol–water partition coefficient (Wildman–Crippen LogP) is 0.648.